The molecule has 0 aliphatic carbocycles. The molecule has 0 saturated heterocycles. The molecule has 0 fully saturated rings. The highest BCUT2D eigenvalue weighted by atomic mass is 79.9. The minimum Gasteiger partial charge on any atom is -0.478 e. The first-order chi connectivity index (χ1) is 7.66. The molecule has 2 rings (SSSR count). The fraction of sp³-hybridized carbons (Fsp3) is 0.0909. The van der Waals surface area contributed by atoms with Crippen LogP contribution in [0.5, 0.6) is 0 Å². The van der Waals surface area contributed by atoms with Crippen LogP contribution < -0.4 is 0 Å². The van der Waals surface area contributed by atoms with Crippen molar-refractivity contribution in [3.63, 3.8) is 0 Å². The number of carboxylic acid groups (broad SMARTS) is 1. The van der Waals surface area contributed by atoms with Crippen LogP contribution in [-0.2, 0) is 6.54 Å². The largest absolute Gasteiger partial charge is 0.478 e. The average Bonchev–Trinajstić information content (AvgIpc) is 2.65. The second-order valence-electron chi connectivity index (χ2n) is 3.31. The Morgan fingerprint density at radius 3 is 2.50 bits per heavy atom. The van der Waals surface area contributed by atoms with Gasteiger partial charge in [-0.3, -0.25) is 4.68 Å². The molecule has 1 heterocycles. The van der Waals surface area contributed by atoms with Gasteiger partial charge in [0, 0.05) is 0 Å². The van der Waals surface area contributed by atoms with Gasteiger partial charge in [0.25, 0.3) is 0 Å². The van der Waals surface area contributed by atoms with Gasteiger partial charge in [-0.05, 0) is 39.7 Å². The Morgan fingerprint density at radius 1 is 1.31 bits per heavy atom. The molecule has 5 heteroatoms. The lowest BCUT2D eigenvalue weighted by atomic mass is 10.1. The van der Waals surface area contributed by atoms with Gasteiger partial charge < -0.3 is 5.11 Å². The maximum atomic E-state index is 10.7. The van der Waals surface area contributed by atoms with Crippen LogP contribution in [0.25, 0.3) is 0 Å². The number of carboxylic acids is 1. The maximum Gasteiger partial charge on any atom is 0.335 e. The van der Waals surface area contributed by atoms with Crippen LogP contribution in [-0.4, -0.2) is 20.9 Å². The van der Waals surface area contributed by atoms with Crippen molar-refractivity contribution in [2.45, 2.75) is 6.54 Å². The molecule has 0 atom stereocenters. The molecule has 4 nitrogen and oxygen atoms in total. The SMILES string of the molecule is O=C(O)c1ccc(Cn2nccc2Br)cc1. The molecule has 0 unspecified atom stereocenters. The second kappa shape index (κ2) is 4.49. The molecule has 0 radical (unpaired) electrons. The number of hydrogen-bond acceptors (Lipinski definition) is 2. The first kappa shape index (κ1) is 10.9. The molecule has 2 aromatic rings. The maximum absolute atomic E-state index is 10.7. The molecule has 1 aromatic carbocycles. The highest BCUT2D eigenvalue weighted by Crippen LogP contribution is 2.11. The molecule has 0 aliphatic rings. The van der Waals surface area contributed by atoms with Crippen LogP contribution in [0.4, 0.5) is 0 Å². The van der Waals surface area contributed by atoms with Gasteiger partial charge in [0.05, 0.1) is 18.3 Å². The monoisotopic (exact) mass is 280 g/mol. The van der Waals surface area contributed by atoms with Gasteiger partial charge in [-0.2, -0.15) is 5.10 Å². The fourth-order valence-corrected chi connectivity index (χ4v) is 1.69. The van der Waals surface area contributed by atoms with Crippen molar-refractivity contribution in [2.24, 2.45) is 0 Å². The number of hydrogen-bond donors (Lipinski definition) is 1. The number of aromatic nitrogens is 2. The van der Waals surface area contributed by atoms with E-state index >= 15 is 0 Å². The Bertz CT molecular complexity index is 505. The molecule has 1 aromatic heterocycles. The summed E-state index contributed by atoms with van der Waals surface area (Å²) in [4.78, 5) is 10.7. The molecule has 0 saturated carbocycles. The van der Waals surface area contributed by atoms with E-state index in [0.29, 0.717) is 12.1 Å². The molecule has 16 heavy (non-hydrogen) atoms. The van der Waals surface area contributed by atoms with Gasteiger partial charge in [0.1, 0.15) is 4.60 Å². The highest BCUT2D eigenvalue weighted by molar-refractivity contribution is 9.10. The summed E-state index contributed by atoms with van der Waals surface area (Å²) >= 11 is 3.37. The standard InChI is InChI=1S/C11H9BrN2O2/c12-10-5-6-13-14(10)7-8-1-3-9(4-2-8)11(15)16/h1-6H,7H2,(H,15,16). The first-order valence-electron chi connectivity index (χ1n) is 4.66. The Kier molecular flexibility index (Phi) is 3.05. The molecule has 0 amide bonds. The number of halogens is 1. The number of rotatable bonds is 3. The van der Waals surface area contributed by atoms with E-state index < -0.39 is 5.97 Å². The zero-order valence-electron chi connectivity index (χ0n) is 8.30. The molecule has 82 valence electrons. The van der Waals surface area contributed by atoms with Gasteiger partial charge in [-0.1, -0.05) is 12.1 Å². The molecule has 1 N–H and O–H groups in total. The number of aromatic carboxylic acids is 1. The van der Waals surface area contributed by atoms with Crippen LogP contribution in [0.3, 0.4) is 0 Å². The van der Waals surface area contributed by atoms with E-state index in [1.807, 2.05) is 6.07 Å². The Labute approximate surface area is 101 Å². The molecular formula is C11H9BrN2O2. The summed E-state index contributed by atoms with van der Waals surface area (Å²) in [6, 6.07) is 8.62. The minimum atomic E-state index is -0.910. The van der Waals surface area contributed by atoms with E-state index in [-0.39, 0.29) is 0 Å². The lowest BCUT2D eigenvalue weighted by molar-refractivity contribution is 0.0697. The summed E-state index contributed by atoms with van der Waals surface area (Å²) in [5.41, 5.74) is 1.30. The third-order valence-electron chi connectivity index (χ3n) is 2.20. The van der Waals surface area contributed by atoms with Crippen molar-refractivity contribution in [2.75, 3.05) is 0 Å². The van der Waals surface area contributed by atoms with E-state index in [1.54, 1.807) is 35.1 Å². The topological polar surface area (TPSA) is 55.1 Å². The predicted octanol–water partition coefficient (Wildman–Crippen LogP) is 2.39. The zero-order valence-corrected chi connectivity index (χ0v) is 9.89. The Balaban J connectivity index is 2.17. The van der Waals surface area contributed by atoms with Crippen molar-refractivity contribution >= 4 is 21.9 Å². The third kappa shape index (κ3) is 2.30. The number of nitrogens with zero attached hydrogens (tertiary/aromatic N) is 2. The van der Waals surface area contributed by atoms with Gasteiger partial charge in [0.15, 0.2) is 0 Å². The van der Waals surface area contributed by atoms with Gasteiger partial charge in [-0.15, -0.1) is 0 Å². The quantitative estimate of drug-likeness (QED) is 0.939. The second-order valence-corrected chi connectivity index (χ2v) is 4.13. The molecule has 0 aliphatic heterocycles. The van der Waals surface area contributed by atoms with Crippen LogP contribution in [0.15, 0.2) is 41.1 Å². The smallest absolute Gasteiger partial charge is 0.335 e. The summed E-state index contributed by atoms with van der Waals surface area (Å²) in [6.45, 7) is 0.619. The van der Waals surface area contributed by atoms with E-state index in [0.717, 1.165) is 10.2 Å². The van der Waals surface area contributed by atoms with E-state index in [1.165, 1.54) is 0 Å². The number of carbonyl (C=O) groups is 1. The van der Waals surface area contributed by atoms with Gasteiger partial charge >= 0.3 is 5.97 Å². The van der Waals surface area contributed by atoms with Crippen molar-refractivity contribution in [1.82, 2.24) is 9.78 Å². The average molecular weight is 281 g/mol. The van der Waals surface area contributed by atoms with Crippen molar-refractivity contribution < 1.29 is 9.90 Å². The number of benzene rings is 1. The summed E-state index contributed by atoms with van der Waals surface area (Å²) < 4.78 is 2.69. The highest BCUT2D eigenvalue weighted by Gasteiger charge is 2.03. The van der Waals surface area contributed by atoms with Gasteiger partial charge in [-0.25, -0.2) is 4.79 Å². The van der Waals surface area contributed by atoms with Crippen molar-refractivity contribution in [3.05, 3.63) is 52.3 Å². The Morgan fingerprint density at radius 2 is 2.00 bits per heavy atom. The normalized spacial score (nSPS) is 10.3. The summed E-state index contributed by atoms with van der Waals surface area (Å²) in [6.07, 6.45) is 1.70. The van der Waals surface area contributed by atoms with Gasteiger partial charge in [0.2, 0.25) is 0 Å². The third-order valence-corrected chi connectivity index (χ3v) is 2.87. The molecule has 0 bridgehead atoms. The first-order valence-corrected chi connectivity index (χ1v) is 5.45. The van der Waals surface area contributed by atoms with Crippen molar-refractivity contribution in [1.29, 1.82) is 0 Å². The Hall–Kier alpha value is -1.62. The van der Waals surface area contributed by atoms with Crippen LogP contribution in [0.2, 0.25) is 0 Å². The van der Waals surface area contributed by atoms with Crippen molar-refractivity contribution in [3.8, 4) is 0 Å². The van der Waals surface area contributed by atoms with E-state index in [2.05, 4.69) is 21.0 Å². The van der Waals surface area contributed by atoms with Crippen LogP contribution >= 0.6 is 15.9 Å². The molecule has 0 spiro atoms. The zero-order chi connectivity index (χ0) is 11.5. The summed E-state index contributed by atoms with van der Waals surface area (Å²) in [5, 5.41) is 12.9. The van der Waals surface area contributed by atoms with E-state index in [9.17, 15) is 4.79 Å². The minimum absolute atomic E-state index is 0.295. The predicted molar refractivity (Wildman–Crippen MR) is 62.4 cm³/mol. The lowest BCUT2D eigenvalue weighted by Gasteiger charge is -2.03. The van der Waals surface area contributed by atoms with Crippen LogP contribution in [0.1, 0.15) is 15.9 Å². The lowest BCUT2D eigenvalue weighted by Crippen LogP contribution is -2.02. The fourth-order valence-electron chi connectivity index (χ4n) is 1.36. The molecular weight excluding hydrogens is 272 g/mol. The van der Waals surface area contributed by atoms with E-state index in [4.69, 9.17) is 5.11 Å². The van der Waals surface area contributed by atoms with Crippen LogP contribution in [0, 0.1) is 0 Å². The summed E-state index contributed by atoms with van der Waals surface area (Å²) in [7, 11) is 0. The summed E-state index contributed by atoms with van der Waals surface area (Å²) in [5.74, 6) is -0.910.